The second-order valence-electron chi connectivity index (χ2n) is 7.27. The van der Waals surface area contributed by atoms with Gasteiger partial charge in [-0.05, 0) is 24.8 Å². The van der Waals surface area contributed by atoms with Crippen LogP contribution >= 0.6 is 0 Å². The van der Waals surface area contributed by atoms with Crippen LogP contribution in [-0.2, 0) is 10.2 Å². The number of carbonyl (C=O) groups is 1. The third kappa shape index (κ3) is 2.93. The van der Waals surface area contributed by atoms with Crippen LogP contribution in [0.1, 0.15) is 43.0 Å². The van der Waals surface area contributed by atoms with Crippen molar-refractivity contribution in [3.8, 4) is 0 Å². The van der Waals surface area contributed by atoms with Crippen molar-refractivity contribution in [2.75, 3.05) is 13.1 Å². The SMILES string of the molecule is Cc1nnc([C@]23CCC[C@H]2CN(C(=O)C/C=C/c2ccccc2F)C3)o1. The maximum Gasteiger partial charge on any atom is 0.226 e. The Labute approximate surface area is 151 Å². The quantitative estimate of drug-likeness (QED) is 0.842. The number of likely N-dealkylation sites (tertiary alicyclic amines) is 1. The molecule has 1 saturated heterocycles. The summed E-state index contributed by atoms with van der Waals surface area (Å²) in [6.07, 6.45) is 6.85. The van der Waals surface area contributed by atoms with Gasteiger partial charge >= 0.3 is 0 Å². The van der Waals surface area contributed by atoms with Gasteiger partial charge in [0.15, 0.2) is 0 Å². The molecule has 2 heterocycles. The molecule has 4 rings (SSSR count). The van der Waals surface area contributed by atoms with Crippen molar-refractivity contribution >= 4 is 12.0 Å². The average molecular weight is 355 g/mol. The third-order valence-corrected chi connectivity index (χ3v) is 5.67. The van der Waals surface area contributed by atoms with E-state index in [2.05, 4.69) is 10.2 Å². The van der Waals surface area contributed by atoms with E-state index in [-0.39, 0.29) is 23.6 Å². The summed E-state index contributed by atoms with van der Waals surface area (Å²) in [5, 5.41) is 8.24. The fourth-order valence-corrected chi connectivity index (χ4v) is 4.35. The molecule has 0 N–H and O–H groups in total. The topological polar surface area (TPSA) is 59.2 Å². The molecular weight excluding hydrogens is 333 g/mol. The predicted octanol–water partition coefficient (Wildman–Crippen LogP) is 3.50. The van der Waals surface area contributed by atoms with Crippen molar-refractivity contribution < 1.29 is 13.6 Å². The highest BCUT2D eigenvalue weighted by Gasteiger charge is 2.54. The minimum atomic E-state index is -0.280. The lowest BCUT2D eigenvalue weighted by atomic mass is 9.80. The number of halogens is 1. The minimum Gasteiger partial charge on any atom is -0.425 e. The number of hydrogen-bond acceptors (Lipinski definition) is 4. The Morgan fingerprint density at radius 1 is 1.42 bits per heavy atom. The smallest absolute Gasteiger partial charge is 0.226 e. The van der Waals surface area contributed by atoms with Crippen molar-refractivity contribution in [3.05, 3.63) is 53.5 Å². The van der Waals surface area contributed by atoms with Gasteiger partial charge in [-0.15, -0.1) is 10.2 Å². The summed E-state index contributed by atoms with van der Waals surface area (Å²) in [6.45, 7) is 3.15. The zero-order chi connectivity index (χ0) is 18.1. The van der Waals surface area contributed by atoms with Crippen molar-refractivity contribution in [2.24, 2.45) is 5.92 Å². The van der Waals surface area contributed by atoms with E-state index in [1.165, 1.54) is 6.07 Å². The van der Waals surface area contributed by atoms with Crippen LogP contribution in [-0.4, -0.2) is 34.1 Å². The van der Waals surface area contributed by atoms with Crippen molar-refractivity contribution in [2.45, 2.75) is 38.0 Å². The first-order valence-electron chi connectivity index (χ1n) is 9.08. The number of nitrogens with zero attached hydrogens (tertiary/aromatic N) is 3. The Hall–Kier alpha value is -2.50. The molecule has 136 valence electrons. The summed E-state index contributed by atoms with van der Waals surface area (Å²) in [5.41, 5.74) is 0.308. The summed E-state index contributed by atoms with van der Waals surface area (Å²) < 4.78 is 19.4. The largest absolute Gasteiger partial charge is 0.425 e. The maximum absolute atomic E-state index is 13.6. The Morgan fingerprint density at radius 3 is 3.04 bits per heavy atom. The molecule has 1 saturated carbocycles. The van der Waals surface area contributed by atoms with Gasteiger partial charge in [0.25, 0.3) is 0 Å². The second kappa shape index (κ2) is 6.67. The molecule has 0 spiro atoms. The molecule has 6 heteroatoms. The monoisotopic (exact) mass is 355 g/mol. The summed E-state index contributed by atoms with van der Waals surface area (Å²) in [6, 6.07) is 6.55. The molecule has 1 aromatic heterocycles. The van der Waals surface area contributed by atoms with E-state index < -0.39 is 0 Å². The van der Waals surface area contributed by atoms with E-state index in [1.807, 2.05) is 4.90 Å². The fraction of sp³-hybridized carbons (Fsp3) is 0.450. The number of aromatic nitrogens is 2. The minimum absolute atomic E-state index is 0.0580. The number of fused-ring (bicyclic) bond motifs is 1. The molecule has 1 aliphatic heterocycles. The molecule has 0 unspecified atom stereocenters. The number of hydrogen-bond donors (Lipinski definition) is 0. The molecule has 2 aromatic rings. The summed E-state index contributed by atoms with van der Waals surface area (Å²) in [7, 11) is 0. The standard InChI is InChI=1S/C20H22FN3O2/c1-14-22-23-19(26-14)20-11-5-8-16(20)12-24(13-20)18(25)10-4-7-15-6-2-3-9-17(15)21/h2-4,6-7,9,16H,5,8,10-13H2,1H3/b7-4+/t16-,20-/m0/s1. The highest BCUT2D eigenvalue weighted by atomic mass is 19.1. The van der Waals surface area contributed by atoms with Gasteiger partial charge in [0, 0.05) is 32.0 Å². The second-order valence-corrected chi connectivity index (χ2v) is 7.27. The Balaban J connectivity index is 1.44. The van der Waals surface area contributed by atoms with E-state index in [0.717, 1.165) is 25.8 Å². The third-order valence-electron chi connectivity index (χ3n) is 5.67. The molecule has 5 nitrogen and oxygen atoms in total. The van der Waals surface area contributed by atoms with Crippen LogP contribution in [0.3, 0.4) is 0 Å². The molecule has 1 amide bonds. The molecule has 2 atom stereocenters. The number of carbonyl (C=O) groups excluding carboxylic acids is 1. The van der Waals surface area contributed by atoms with Gasteiger partial charge in [0.1, 0.15) is 5.82 Å². The first-order valence-corrected chi connectivity index (χ1v) is 9.08. The Bertz CT molecular complexity index is 847. The normalized spacial score (nSPS) is 25.2. The average Bonchev–Trinajstić information content (AvgIpc) is 3.30. The molecule has 2 fully saturated rings. The molecule has 1 aliphatic carbocycles. The molecular formula is C20H22FN3O2. The lowest BCUT2D eigenvalue weighted by molar-refractivity contribution is -0.129. The Morgan fingerprint density at radius 2 is 2.27 bits per heavy atom. The first-order chi connectivity index (χ1) is 12.6. The van der Waals surface area contributed by atoms with Crippen molar-refractivity contribution in [1.29, 1.82) is 0 Å². The van der Waals surface area contributed by atoms with Crippen LogP contribution in [0.15, 0.2) is 34.8 Å². The van der Waals surface area contributed by atoms with E-state index in [4.69, 9.17) is 4.42 Å². The van der Waals surface area contributed by atoms with Gasteiger partial charge in [-0.2, -0.15) is 0 Å². The number of benzene rings is 1. The van der Waals surface area contributed by atoms with Crippen molar-refractivity contribution in [1.82, 2.24) is 15.1 Å². The highest BCUT2D eigenvalue weighted by molar-refractivity contribution is 5.79. The van der Waals surface area contributed by atoms with Crippen molar-refractivity contribution in [3.63, 3.8) is 0 Å². The number of aryl methyl sites for hydroxylation is 1. The zero-order valence-corrected chi connectivity index (χ0v) is 14.8. The van der Waals surface area contributed by atoms with Crippen LogP contribution in [0.5, 0.6) is 0 Å². The van der Waals surface area contributed by atoms with Gasteiger partial charge in [0.2, 0.25) is 17.7 Å². The molecule has 2 aliphatic rings. The lowest BCUT2D eigenvalue weighted by Crippen LogP contribution is -2.34. The molecule has 1 aromatic carbocycles. The van der Waals surface area contributed by atoms with E-state index in [9.17, 15) is 9.18 Å². The van der Waals surface area contributed by atoms with Gasteiger partial charge in [-0.1, -0.05) is 36.8 Å². The zero-order valence-electron chi connectivity index (χ0n) is 14.8. The fourth-order valence-electron chi connectivity index (χ4n) is 4.35. The first kappa shape index (κ1) is 16.9. The summed E-state index contributed by atoms with van der Waals surface area (Å²) in [5.74, 6) is 1.40. The van der Waals surface area contributed by atoms with Crippen LogP contribution in [0.2, 0.25) is 0 Å². The van der Waals surface area contributed by atoms with Gasteiger partial charge in [0.05, 0.1) is 5.41 Å². The maximum atomic E-state index is 13.6. The van der Waals surface area contributed by atoms with Crippen LogP contribution < -0.4 is 0 Å². The van der Waals surface area contributed by atoms with Gasteiger partial charge in [-0.25, -0.2) is 4.39 Å². The van der Waals surface area contributed by atoms with E-state index in [0.29, 0.717) is 29.8 Å². The van der Waals surface area contributed by atoms with Gasteiger partial charge in [-0.3, -0.25) is 4.79 Å². The Kier molecular flexibility index (Phi) is 4.34. The van der Waals surface area contributed by atoms with Crippen LogP contribution in [0, 0.1) is 18.7 Å². The lowest BCUT2D eigenvalue weighted by Gasteiger charge is -2.24. The number of rotatable bonds is 4. The molecule has 0 radical (unpaired) electrons. The predicted molar refractivity (Wildman–Crippen MR) is 94.7 cm³/mol. The van der Waals surface area contributed by atoms with Gasteiger partial charge < -0.3 is 9.32 Å². The summed E-state index contributed by atoms with van der Waals surface area (Å²) >= 11 is 0. The van der Waals surface area contributed by atoms with E-state index in [1.54, 1.807) is 37.3 Å². The molecule has 0 bridgehead atoms. The van der Waals surface area contributed by atoms with Crippen LogP contribution in [0.4, 0.5) is 4.39 Å². The number of amides is 1. The molecule has 26 heavy (non-hydrogen) atoms. The van der Waals surface area contributed by atoms with E-state index >= 15 is 0 Å². The summed E-state index contributed by atoms with van der Waals surface area (Å²) in [4.78, 5) is 14.5. The highest BCUT2D eigenvalue weighted by Crippen LogP contribution is 2.50. The van der Waals surface area contributed by atoms with Crippen LogP contribution in [0.25, 0.3) is 6.08 Å².